The van der Waals surface area contributed by atoms with Gasteiger partial charge in [-0.3, -0.25) is 9.59 Å². The predicted molar refractivity (Wildman–Crippen MR) is 389 cm³/mol. The highest BCUT2D eigenvalue weighted by atomic mass is 16.5. The number of hydrogen-bond donors (Lipinski definition) is 3. The van der Waals surface area contributed by atoms with Crippen LogP contribution in [0.15, 0.2) is 0 Å². The number of carbonyl (C=O) groups is 2. The van der Waals surface area contributed by atoms with Gasteiger partial charge in [-0.1, -0.05) is 450 Å². The molecule has 2 atom stereocenters. The summed E-state index contributed by atoms with van der Waals surface area (Å²) in [6.07, 6.45) is 97.8. The van der Waals surface area contributed by atoms with Crippen molar-refractivity contribution in [1.29, 1.82) is 0 Å². The summed E-state index contributed by atoms with van der Waals surface area (Å²) in [5, 5.41) is 23.5. The Kier molecular flexibility index (Phi) is 77.3. The molecule has 0 aliphatic rings. The highest BCUT2D eigenvalue weighted by molar-refractivity contribution is 5.76. The van der Waals surface area contributed by atoms with Gasteiger partial charge in [0.1, 0.15) is 0 Å². The van der Waals surface area contributed by atoms with Crippen molar-refractivity contribution in [2.75, 3.05) is 13.2 Å². The van der Waals surface area contributed by atoms with Gasteiger partial charge in [0.05, 0.1) is 25.4 Å². The van der Waals surface area contributed by atoms with E-state index in [4.69, 9.17) is 4.74 Å². The summed E-state index contributed by atoms with van der Waals surface area (Å²) in [5.74, 6) is 0.00218. The number of hydrogen-bond acceptors (Lipinski definition) is 5. The Bertz CT molecular complexity index is 1290. The van der Waals surface area contributed by atoms with Crippen molar-refractivity contribution in [1.82, 2.24) is 5.32 Å². The molecule has 0 aromatic heterocycles. The summed E-state index contributed by atoms with van der Waals surface area (Å²) in [4.78, 5) is 24.7. The van der Waals surface area contributed by atoms with Crippen LogP contribution in [-0.2, 0) is 14.3 Å². The molecule has 6 nitrogen and oxygen atoms in total. The lowest BCUT2D eigenvalue weighted by molar-refractivity contribution is -0.143. The summed E-state index contributed by atoms with van der Waals surface area (Å²) in [5.41, 5.74) is 0. The average Bonchev–Trinajstić information content (AvgIpc) is 3.58. The zero-order chi connectivity index (χ0) is 63.5. The number of aliphatic hydroxyl groups excluding tert-OH is 2. The monoisotopic (exact) mass is 1240 g/mol. The van der Waals surface area contributed by atoms with Crippen molar-refractivity contribution in [3.8, 4) is 0 Å². The van der Waals surface area contributed by atoms with Crippen LogP contribution >= 0.6 is 0 Å². The van der Waals surface area contributed by atoms with E-state index < -0.39 is 12.1 Å². The van der Waals surface area contributed by atoms with Crippen molar-refractivity contribution in [3.63, 3.8) is 0 Å². The van der Waals surface area contributed by atoms with Gasteiger partial charge in [-0.2, -0.15) is 0 Å². The Balaban J connectivity index is 3.32. The summed E-state index contributed by atoms with van der Waals surface area (Å²) in [7, 11) is 0. The summed E-state index contributed by atoms with van der Waals surface area (Å²) in [6.45, 7) is 5.02. The predicted octanol–water partition coefficient (Wildman–Crippen LogP) is 27.3. The molecule has 0 aliphatic carbocycles. The van der Waals surface area contributed by atoms with Gasteiger partial charge >= 0.3 is 5.97 Å². The van der Waals surface area contributed by atoms with E-state index in [9.17, 15) is 19.8 Å². The lowest BCUT2D eigenvalue weighted by atomic mass is 10.0. The molecule has 6 heteroatoms. The van der Waals surface area contributed by atoms with Gasteiger partial charge in [-0.05, 0) is 25.7 Å². The Morgan fingerprint density at radius 3 is 0.693 bits per heavy atom. The van der Waals surface area contributed by atoms with E-state index in [2.05, 4.69) is 19.2 Å². The third-order valence-electron chi connectivity index (χ3n) is 19.9. The van der Waals surface area contributed by atoms with Crippen molar-refractivity contribution < 1.29 is 24.5 Å². The fourth-order valence-electron chi connectivity index (χ4n) is 13.6. The van der Waals surface area contributed by atoms with Crippen LogP contribution in [0.4, 0.5) is 0 Å². The average molecular weight is 1240 g/mol. The number of aliphatic hydroxyl groups is 2. The molecule has 0 saturated carbocycles. The number of carbonyl (C=O) groups excluding carboxylic acids is 2. The summed E-state index contributed by atoms with van der Waals surface area (Å²) >= 11 is 0. The van der Waals surface area contributed by atoms with E-state index in [0.29, 0.717) is 25.9 Å². The third kappa shape index (κ3) is 73.9. The lowest BCUT2D eigenvalue weighted by Gasteiger charge is -2.22. The molecule has 0 rings (SSSR count). The maximum absolute atomic E-state index is 12.6. The number of unbranched alkanes of at least 4 members (excludes halogenated alkanes) is 68. The number of ether oxygens (including phenoxy) is 1. The molecule has 0 radical (unpaired) electrons. The minimum atomic E-state index is -0.662. The molecular weight excluding hydrogens is 1080 g/mol. The first-order chi connectivity index (χ1) is 43.5. The van der Waals surface area contributed by atoms with E-state index >= 15 is 0 Å². The van der Waals surface area contributed by atoms with Gasteiger partial charge in [0.2, 0.25) is 5.91 Å². The largest absolute Gasteiger partial charge is 0.466 e. The highest BCUT2D eigenvalue weighted by Crippen LogP contribution is 2.21. The highest BCUT2D eigenvalue weighted by Gasteiger charge is 2.20. The number of nitrogens with one attached hydrogen (secondary N) is 1. The van der Waals surface area contributed by atoms with Crippen molar-refractivity contribution in [3.05, 3.63) is 0 Å². The van der Waals surface area contributed by atoms with Crippen LogP contribution in [0.3, 0.4) is 0 Å². The second-order valence-electron chi connectivity index (χ2n) is 28.8. The van der Waals surface area contributed by atoms with Crippen LogP contribution < -0.4 is 5.32 Å². The van der Waals surface area contributed by atoms with Crippen molar-refractivity contribution in [2.45, 2.75) is 501 Å². The van der Waals surface area contributed by atoms with E-state index in [-0.39, 0.29) is 18.5 Å². The molecule has 0 aliphatic heterocycles. The third-order valence-corrected chi connectivity index (χ3v) is 19.9. The fraction of sp³-hybridized carbons (Fsp3) is 0.976. The van der Waals surface area contributed by atoms with Crippen LogP contribution in [0.1, 0.15) is 489 Å². The minimum absolute atomic E-state index is 0.0236. The van der Waals surface area contributed by atoms with Gasteiger partial charge < -0.3 is 20.3 Å². The standard InChI is InChI=1S/C82H163NO5/c1-3-5-7-9-11-13-15-17-19-20-21-22-23-34-37-40-43-47-50-54-58-62-66-70-74-80(85)79(78-84)83-81(86)75-71-67-63-59-55-51-48-44-41-38-35-32-30-28-26-24-25-27-29-31-33-36-39-42-45-49-53-57-61-65-69-73-77-88-82(87)76-72-68-64-60-56-52-46-18-16-14-12-10-8-6-4-2/h79-80,84-85H,3-78H2,1-2H3,(H,83,86). The van der Waals surface area contributed by atoms with Gasteiger partial charge in [0.15, 0.2) is 0 Å². The zero-order valence-electron chi connectivity index (χ0n) is 60.5. The van der Waals surface area contributed by atoms with Crippen LogP contribution in [0, 0.1) is 0 Å². The quantitative estimate of drug-likeness (QED) is 0.0417. The smallest absolute Gasteiger partial charge is 0.305 e. The number of amides is 1. The molecular formula is C82H163NO5. The van der Waals surface area contributed by atoms with E-state index in [1.165, 1.54) is 417 Å². The Morgan fingerprint density at radius 2 is 0.466 bits per heavy atom. The maximum Gasteiger partial charge on any atom is 0.305 e. The number of esters is 1. The molecule has 526 valence electrons. The summed E-state index contributed by atoms with van der Waals surface area (Å²) in [6, 6.07) is -0.538. The molecule has 0 bridgehead atoms. The molecule has 88 heavy (non-hydrogen) atoms. The number of rotatable bonds is 79. The summed E-state index contributed by atoms with van der Waals surface area (Å²) < 4.78 is 5.51. The van der Waals surface area contributed by atoms with Gasteiger partial charge in [0, 0.05) is 12.8 Å². The van der Waals surface area contributed by atoms with Crippen LogP contribution in [0.2, 0.25) is 0 Å². The first kappa shape index (κ1) is 86.9. The Morgan fingerprint density at radius 1 is 0.273 bits per heavy atom. The Labute approximate surface area is 553 Å². The Hall–Kier alpha value is -1.14. The second-order valence-corrected chi connectivity index (χ2v) is 28.8. The molecule has 0 aromatic carbocycles. The zero-order valence-corrected chi connectivity index (χ0v) is 60.5. The van der Waals surface area contributed by atoms with E-state index in [0.717, 1.165) is 38.5 Å². The van der Waals surface area contributed by atoms with Crippen LogP contribution in [0.5, 0.6) is 0 Å². The topological polar surface area (TPSA) is 95.9 Å². The first-order valence-electron chi connectivity index (χ1n) is 41.3. The first-order valence-corrected chi connectivity index (χ1v) is 41.3. The van der Waals surface area contributed by atoms with Gasteiger partial charge in [0.25, 0.3) is 0 Å². The van der Waals surface area contributed by atoms with E-state index in [1.54, 1.807) is 0 Å². The minimum Gasteiger partial charge on any atom is -0.466 e. The van der Waals surface area contributed by atoms with Crippen molar-refractivity contribution in [2.24, 2.45) is 0 Å². The van der Waals surface area contributed by atoms with Crippen LogP contribution in [0.25, 0.3) is 0 Å². The van der Waals surface area contributed by atoms with E-state index in [1.807, 2.05) is 0 Å². The molecule has 0 spiro atoms. The molecule has 0 saturated heterocycles. The molecule has 0 fully saturated rings. The molecule has 2 unspecified atom stereocenters. The van der Waals surface area contributed by atoms with Gasteiger partial charge in [-0.15, -0.1) is 0 Å². The molecule has 0 aromatic rings. The maximum atomic E-state index is 12.6. The normalized spacial score (nSPS) is 12.4. The fourth-order valence-corrected chi connectivity index (χ4v) is 13.6. The SMILES string of the molecule is CCCCCCCCCCCCCCCCCCCCCCCCCCC(O)C(CO)NC(=O)CCCCCCCCCCCCCCCCCCCCCCCCCCCCCCCCCCOC(=O)CCCCCCCCCCCCCCCCC. The molecule has 0 heterocycles. The molecule has 3 N–H and O–H groups in total. The van der Waals surface area contributed by atoms with Gasteiger partial charge in [-0.25, -0.2) is 0 Å². The second kappa shape index (κ2) is 78.3. The van der Waals surface area contributed by atoms with Crippen molar-refractivity contribution >= 4 is 11.9 Å². The molecule has 1 amide bonds. The lowest BCUT2D eigenvalue weighted by Crippen LogP contribution is -2.45. The van der Waals surface area contributed by atoms with Crippen LogP contribution in [-0.4, -0.2) is 47.4 Å².